The molecule has 2 aromatic rings. The Bertz CT molecular complexity index is 799. The van der Waals surface area contributed by atoms with Gasteiger partial charge in [0, 0.05) is 12.1 Å². The van der Waals surface area contributed by atoms with E-state index in [0.717, 1.165) is 29.7 Å². The van der Waals surface area contributed by atoms with E-state index < -0.39 is 0 Å². The summed E-state index contributed by atoms with van der Waals surface area (Å²) < 4.78 is 13.0. The van der Waals surface area contributed by atoms with Crippen LogP contribution in [0.1, 0.15) is 78.0 Å². The summed E-state index contributed by atoms with van der Waals surface area (Å²) in [6.45, 7) is 17.9. The third-order valence-electron chi connectivity index (χ3n) is 5.85. The van der Waals surface area contributed by atoms with Crippen molar-refractivity contribution < 1.29 is 9.47 Å². The summed E-state index contributed by atoms with van der Waals surface area (Å²) in [5, 5.41) is 0. The zero-order valence-corrected chi connectivity index (χ0v) is 22.1. The highest BCUT2D eigenvalue weighted by atomic mass is 35.5. The van der Waals surface area contributed by atoms with E-state index in [0.29, 0.717) is 18.4 Å². The Kier molecular flexibility index (Phi) is 10.7. The third-order valence-corrected chi connectivity index (χ3v) is 5.85. The number of ether oxygens (including phenoxy) is 2. The van der Waals surface area contributed by atoms with Crippen LogP contribution in [0.5, 0.6) is 5.75 Å². The number of para-hydroxylation sites is 1. The zero-order valence-electron chi connectivity index (χ0n) is 21.3. The Morgan fingerprint density at radius 1 is 0.844 bits per heavy atom. The number of aryl methyl sites for hydroxylation is 1. The summed E-state index contributed by atoms with van der Waals surface area (Å²) in [5.41, 5.74) is 9.23. The van der Waals surface area contributed by atoms with Gasteiger partial charge in [0.25, 0.3) is 0 Å². The molecule has 1 atom stereocenters. The number of benzene rings is 2. The van der Waals surface area contributed by atoms with Crippen LogP contribution in [-0.2, 0) is 15.7 Å². The van der Waals surface area contributed by atoms with Crippen LogP contribution in [-0.4, -0.2) is 12.9 Å². The average Bonchev–Trinajstić information content (AvgIpc) is 2.67. The van der Waals surface area contributed by atoms with Gasteiger partial charge >= 0.3 is 0 Å². The minimum atomic E-state index is -0.375. The first-order valence-corrected chi connectivity index (χ1v) is 11.7. The van der Waals surface area contributed by atoms with Crippen LogP contribution in [0.25, 0.3) is 0 Å². The summed E-state index contributed by atoms with van der Waals surface area (Å²) in [6, 6.07) is 17.0. The minimum absolute atomic E-state index is 0. The highest BCUT2D eigenvalue weighted by Gasteiger charge is 2.44. The quantitative estimate of drug-likeness (QED) is 0.355. The maximum absolute atomic E-state index is 6.66. The van der Waals surface area contributed by atoms with Crippen molar-refractivity contribution in [3.05, 3.63) is 65.2 Å². The van der Waals surface area contributed by atoms with Crippen LogP contribution < -0.4 is 10.5 Å². The van der Waals surface area contributed by atoms with Crippen LogP contribution in [0.4, 0.5) is 0 Å². The Morgan fingerprint density at radius 3 is 1.78 bits per heavy atom. The summed E-state index contributed by atoms with van der Waals surface area (Å²) in [5.74, 6) is 1.87. The molecule has 0 aliphatic heterocycles. The average molecular weight is 462 g/mol. The first-order chi connectivity index (χ1) is 14.5. The molecule has 4 heteroatoms. The lowest BCUT2D eigenvalue weighted by Gasteiger charge is -2.43. The maximum Gasteiger partial charge on any atom is 0.209 e. The summed E-state index contributed by atoms with van der Waals surface area (Å²) in [4.78, 5) is 0. The molecule has 1 unspecified atom stereocenters. The summed E-state index contributed by atoms with van der Waals surface area (Å²) in [7, 11) is 0. The van der Waals surface area contributed by atoms with Gasteiger partial charge in [-0.1, -0.05) is 70.2 Å². The molecule has 0 aliphatic carbocycles. The summed E-state index contributed by atoms with van der Waals surface area (Å²) >= 11 is 0. The Labute approximate surface area is 202 Å². The normalized spacial score (nSPS) is 13.2. The number of halogens is 1. The van der Waals surface area contributed by atoms with Crippen molar-refractivity contribution in [2.24, 2.45) is 17.6 Å². The first kappa shape index (κ1) is 28.5. The maximum atomic E-state index is 6.66. The molecule has 0 heterocycles. The number of hydrogen-bond donors (Lipinski definition) is 1. The number of rotatable bonds is 11. The van der Waals surface area contributed by atoms with E-state index in [2.05, 4.69) is 65.0 Å². The molecule has 32 heavy (non-hydrogen) atoms. The predicted molar refractivity (Wildman–Crippen MR) is 139 cm³/mol. The van der Waals surface area contributed by atoms with Gasteiger partial charge in [0.05, 0.1) is 5.41 Å². The van der Waals surface area contributed by atoms with E-state index >= 15 is 0 Å². The van der Waals surface area contributed by atoms with Gasteiger partial charge in [-0.05, 0) is 75.1 Å². The van der Waals surface area contributed by atoms with Crippen LogP contribution in [0.3, 0.4) is 0 Å². The van der Waals surface area contributed by atoms with Gasteiger partial charge in [0.1, 0.15) is 5.75 Å². The highest BCUT2D eigenvalue weighted by Crippen LogP contribution is 2.43. The first-order valence-electron chi connectivity index (χ1n) is 11.7. The van der Waals surface area contributed by atoms with Gasteiger partial charge < -0.3 is 15.2 Å². The molecule has 0 aromatic heterocycles. The fourth-order valence-corrected chi connectivity index (χ4v) is 4.60. The van der Waals surface area contributed by atoms with Crippen LogP contribution in [0, 0.1) is 18.8 Å². The standard InChI is InChI=1S/C28H43NO2.ClH/c1-9-30-26(31-25-13-11-10-12-22(25)6)28(18-20(2)3,19-21(4)5)24-16-14-23(15-17-24)27(7,8)29;/h10-17,20-21,26H,9,18-19,29H2,1-8H3;1H. The topological polar surface area (TPSA) is 44.5 Å². The van der Waals surface area contributed by atoms with Crippen LogP contribution in [0.2, 0.25) is 0 Å². The second kappa shape index (κ2) is 12.1. The Morgan fingerprint density at radius 2 is 1.34 bits per heavy atom. The van der Waals surface area contributed by atoms with Crippen molar-refractivity contribution in [3.63, 3.8) is 0 Å². The lowest BCUT2D eigenvalue weighted by Crippen LogP contribution is -2.47. The summed E-state index contributed by atoms with van der Waals surface area (Å²) in [6.07, 6.45) is 1.58. The van der Waals surface area contributed by atoms with Gasteiger partial charge in [-0.25, -0.2) is 0 Å². The van der Waals surface area contributed by atoms with E-state index in [1.807, 2.05) is 39.0 Å². The molecule has 0 bridgehead atoms. The lowest BCUT2D eigenvalue weighted by atomic mass is 9.68. The molecule has 0 saturated heterocycles. The molecule has 0 amide bonds. The molecule has 0 radical (unpaired) electrons. The second-order valence-corrected chi connectivity index (χ2v) is 10.3. The van der Waals surface area contributed by atoms with Crippen molar-refractivity contribution in [1.82, 2.24) is 0 Å². The molecule has 0 aliphatic rings. The molecule has 2 N–H and O–H groups in total. The smallest absolute Gasteiger partial charge is 0.209 e. The molecule has 2 rings (SSSR count). The molecule has 2 aromatic carbocycles. The molecular formula is C28H44ClNO2. The second-order valence-electron chi connectivity index (χ2n) is 10.3. The molecule has 0 saturated carbocycles. The fraction of sp³-hybridized carbons (Fsp3) is 0.571. The minimum Gasteiger partial charge on any atom is -0.464 e. The lowest BCUT2D eigenvalue weighted by molar-refractivity contribution is -0.136. The fourth-order valence-electron chi connectivity index (χ4n) is 4.60. The van der Waals surface area contributed by atoms with Gasteiger partial charge in [-0.2, -0.15) is 0 Å². The van der Waals surface area contributed by atoms with Gasteiger partial charge in [-0.15, -0.1) is 12.4 Å². The number of nitrogens with two attached hydrogens (primary N) is 1. The van der Waals surface area contributed by atoms with Gasteiger partial charge in [0.2, 0.25) is 6.29 Å². The van der Waals surface area contributed by atoms with E-state index in [-0.39, 0.29) is 29.7 Å². The zero-order chi connectivity index (χ0) is 23.2. The molecule has 0 spiro atoms. The molecule has 3 nitrogen and oxygen atoms in total. The molecule has 180 valence electrons. The van der Waals surface area contributed by atoms with Crippen molar-refractivity contribution in [2.75, 3.05) is 6.61 Å². The van der Waals surface area contributed by atoms with Crippen molar-refractivity contribution in [3.8, 4) is 5.75 Å². The van der Waals surface area contributed by atoms with E-state index in [1.165, 1.54) is 5.56 Å². The van der Waals surface area contributed by atoms with Crippen molar-refractivity contribution >= 4 is 12.4 Å². The SMILES string of the molecule is CCOC(Oc1ccccc1C)C(CC(C)C)(CC(C)C)c1ccc(C(C)(C)N)cc1.Cl. The molecule has 0 fully saturated rings. The third kappa shape index (κ3) is 7.23. The van der Waals surface area contributed by atoms with E-state index in [4.69, 9.17) is 15.2 Å². The van der Waals surface area contributed by atoms with Crippen LogP contribution >= 0.6 is 12.4 Å². The van der Waals surface area contributed by atoms with E-state index in [1.54, 1.807) is 0 Å². The highest BCUT2D eigenvalue weighted by molar-refractivity contribution is 5.85. The predicted octanol–water partition coefficient (Wildman–Crippen LogP) is 7.38. The van der Waals surface area contributed by atoms with E-state index in [9.17, 15) is 0 Å². The van der Waals surface area contributed by atoms with Crippen molar-refractivity contribution in [2.45, 2.75) is 85.5 Å². The van der Waals surface area contributed by atoms with Gasteiger partial charge in [-0.3, -0.25) is 0 Å². The molecular weight excluding hydrogens is 418 g/mol. The van der Waals surface area contributed by atoms with Gasteiger partial charge in [0.15, 0.2) is 0 Å². The van der Waals surface area contributed by atoms with Crippen LogP contribution in [0.15, 0.2) is 48.5 Å². The Hall–Kier alpha value is -1.55. The largest absolute Gasteiger partial charge is 0.464 e. The Balaban J connectivity index is 0.00000512. The van der Waals surface area contributed by atoms with Crippen molar-refractivity contribution in [1.29, 1.82) is 0 Å². The number of hydrogen-bond acceptors (Lipinski definition) is 3. The monoisotopic (exact) mass is 461 g/mol.